The number of amides is 2. The van der Waals surface area contributed by atoms with Gasteiger partial charge in [0.25, 0.3) is 0 Å². The molecule has 2 N–H and O–H groups in total. The summed E-state index contributed by atoms with van der Waals surface area (Å²) in [6.07, 6.45) is 2.60. The number of carbonyl (C=O) groups is 3. The average Bonchev–Trinajstić information content (AvgIpc) is 2.99. The Balaban J connectivity index is 1.65. The van der Waals surface area contributed by atoms with Crippen LogP contribution in [0.1, 0.15) is 53.1 Å². The van der Waals surface area contributed by atoms with E-state index in [9.17, 15) is 23.9 Å². The number of nitrogens with one attached hydrogen (secondary N) is 1. The zero-order valence-corrected chi connectivity index (χ0v) is 17.1. The highest BCUT2D eigenvalue weighted by Crippen LogP contribution is 2.42. The topological polar surface area (TPSA) is 86.7 Å². The van der Waals surface area contributed by atoms with E-state index in [0.29, 0.717) is 24.0 Å². The Morgan fingerprint density at radius 2 is 1.87 bits per heavy atom. The molecule has 2 atom stereocenters. The first-order chi connectivity index (χ1) is 14.9. The van der Waals surface area contributed by atoms with Crippen LogP contribution in [0.2, 0.25) is 0 Å². The number of hydrogen-bond acceptors (Lipinski definition) is 3. The first kappa shape index (κ1) is 21.0. The number of likely N-dealkylation sites (tertiary alicyclic amines) is 1. The van der Waals surface area contributed by atoms with E-state index in [1.807, 2.05) is 0 Å². The van der Waals surface area contributed by atoms with Gasteiger partial charge in [0.1, 0.15) is 5.82 Å². The first-order valence-corrected chi connectivity index (χ1v) is 10.5. The zero-order chi connectivity index (χ0) is 22.0. The van der Waals surface area contributed by atoms with Gasteiger partial charge in [0.2, 0.25) is 11.8 Å². The summed E-state index contributed by atoms with van der Waals surface area (Å²) in [5.74, 6) is -2.11. The number of carbonyl (C=O) groups excluding carboxylic acids is 2. The van der Waals surface area contributed by atoms with Crippen LogP contribution < -0.4 is 5.32 Å². The van der Waals surface area contributed by atoms with Crippen molar-refractivity contribution in [3.05, 3.63) is 71.0 Å². The summed E-state index contributed by atoms with van der Waals surface area (Å²) in [5, 5.41) is 12.5. The van der Waals surface area contributed by atoms with Gasteiger partial charge in [-0.25, -0.2) is 9.18 Å². The summed E-state index contributed by atoms with van der Waals surface area (Å²) in [6, 6.07) is 12.9. The third-order valence-electron chi connectivity index (χ3n) is 6.43. The van der Waals surface area contributed by atoms with E-state index in [4.69, 9.17) is 0 Å². The maximum atomic E-state index is 14.7. The Morgan fingerprint density at radius 1 is 1.13 bits per heavy atom. The molecule has 0 aliphatic carbocycles. The minimum Gasteiger partial charge on any atom is -0.478 e. The van der Waals surface area contributed by atoms with Crippen molar-refractivity contribution in [3.63, 3.8) is 0 Å². The SMILES string of the molecule is O=C1CCCC[C@]2(CN(C(=O)Cc3ccccc3C(=O)O)C[C@H]2c2ccccc2F)N1. The van der Waals surface area contributed by atoms with Crippen LogP contribution in [0.5, 0.6) is 0 Å². The van der Waals surface area contributed by atoms with Crippen molar-refractivity contribution in [2.24, 2.45) is 0 Å². The Morgan fingerprint density at radius 3 is 2.65 bits per heavy atom. The van der Waals surface area contributed by atoms with E-state index in [-0.39, 0.29) is 48.6 Å². The summed E-state index contributed by atoms with van der Waals surface area (Å²) in [7, 11) is 0. The van der Waals surface area contributed by atoms with Gasteiger partial charge in [-0.2, -0.15) is 0 Å². The van der Waals surface area contributed by atoms with Crippen LogP contribution in [0.25, 0.3) is 0 Å². The minimum atomic E-state index is -1.08. The normalized spacial score (nSPS) is 23.5. The van der Waals surface area contributed by atoms with E-state index in [1.165, 1.54) is 12.1 Å². The van der Waals surface area contributed by atoms with Crippen LogP contribution in [-0.4, -0.2) is 46.4 Å². The largest absolute Gasteiger partial charge is 0.478 e. The summed E-state index contributed by atoms with van der Waals surface area (Å²) in [4.78, 5) is 38.7. The van der Waals surface area contributed by atoms with E-state index in [0.717, 1.165) is 12.8 Å². The van der Waals surface area contributed by atoms with Gasteiger partial charge in [-0.3, -0.25) is 9.59 Å². The van der Waals surface area contributed by atoms with Crippen LogP contribution in [0.4, 0.5) is 4.39 Å². The van der Waals surface area contributed by atoms with Gasteiger partial charge in [-0.15, -0.1) is 0 Å². The smallest absolute Gasteiger partial charge is 0.335 e. The molecule has 31 heavy (non-hydrogen) atoms. The molecule has 0 radical (unpaired) electrons. The van der Waals surface area contributed by atoms with Gasteiger partial charge in [-0.1, -0.05) is 42.8 Å². The molecular formula is C24H25FN2O4. The lowest BCUT2D eigenvalue weighted by molar-refractivity contribution is -0.130. The van der Waals surface area contributed by atoms with Crippen LogP contribution in [0, 0.1) is 5.82 Å². The standard InChI is InChI=1S/C24H25FN2O4/c25-20-10-4-3-9-18(20)19-14-27(15-24(19)12-6-5-11-21(28)26-24)22(29)13-16-7-1-2-8-17(16)23(30)31/h1-4,7-10,19H,5-6,11-15H2,(H,26,28)(H,30,31)/t19-,24+/m0/s1. The molecule has 2 aliphatic heterocycles. The van der Waals surface area contributed by atoms with Gasteiger partial charge in [0.15, 0.2) is 0 Å². The number of nitrogens with zero attached hydrogens (tertiary/aromatic N) is 1. The Bertz CT molecular complexity index is 1020. The Hall–Kier alpha value is -3.22. The molecule has 1 spiro atoms. The highest BCUT2D eigenvalue weighted by atomic mass is 19.1. The number of benzene rings is 2. The van der Waals surface area contributed by atoms with Crippen molar-refractivity contribution in [1.82, 2.24) is 10.2 Å². The van der Waals surface area contributed by atoms with Crippen LogP contribution in [0.15, 0.2) is 48.5 Å². The molecule has 162 valence electrons. The highest BCUT2D eigenvalue weighted by molar-refractivity contribution is 5.91. The van der Waals surface area contributed by atoms with Crippen molar-refractivity contribution in [2.45, 2.75) is 43.6 Å². The molecule has 0 aromatic heterocycles. The van der Waals surface area contributed by atoms with Crippen molar-refractivity contribution in [2.75, 3.05) is 13.1 Å². The second-order valence-corrected chi connectivity index (χ2v) is 8.40. The molecule has 2 amide bonds. The van der Waals surface area contributed by atoms with E-state index in [2.05, 4.69) is 5.32 Å². The molecule has 0 unspecified atom stereocenters. The lowest BCUT2D eigenvalue weighted by atomic mass is 9.78. The quantitative estimate of drug-likeness (QED) is 0.790. The third-order valence-corrected chi connectivity index (χ3v) is 6.43. The van der Waals surface area contributed by atoms with Crippen LogP contribution >= 0.6 is 0 Å². The fraction of sp³-hybridized carbons (Fsp3) is 0.375. The molecule has 6 nitrogen and oxygen atoms in total. The molecule has 2 aromatic carbocycles. The average molecular weight is 424 g/mol. The number of carboxylic acids is 1. The minimum absolute atomic E-state index is 0.0590. The van der Waals surface area contributed by atoms with Crippen LogP contribution in [-0.2, 0) is 16.0 Å². The van der Waals surface area contributed by atoms with Gasteiger partial charge in [0.05, 0.1) is 17.5 Å². The van der Waals surface area contributed by atoms with Gasteiger partial charge in [-0.05, 0) is 36.1 Å². The van der Waals surface area contributed by atoms with Crippen molar-refractivity contribution in [1.29, 1.82) is 0 Å². The number of aromatic carboxylic acids is 1. The monoisotopic (exact) mass is 424 g/mol. The van der Waals surface area contributed by atoms with Gasteiger partial charge in [0, 0.05) is 25.4 Å². The first-order valence-electron chi connectivity index (χ1n) is 10.5. The summed E-state index contributed by atoms with van der Waals surface area (Å²) in [5.41, 5.74) is 0.301. The molecule has 2 saturated heterocycles. The second kappa shape index (κ2) is 8.49. The lowest BCUT2D eigenvalue weighted by Gasteiger charge is -2.34. The second-order valence-electron chi connectivity index (χ2n) is 8.40. The van der Waals surface area contributed by atoms with Gasteiger partial charge < -0.3 is 15.3 Å². The predicted octanol–water partition coefficient (Wildman–Crippen LogP) is 3.12. The number of hydrogen-bond donors (Lipinski definition) is 2. The molecule has 0 saturated carbocycles. The third kappa shape index (κ3) is 4.17. The predicted molar refractivity (Wildman–Crippen MR) is 112 cm³/mol. The molecular weight excluding hydrogens is 399 g/mol. The number of carboxylic acid groups (broad SMARTS) is 1. The van der Waals surface area contributed by atoms with Crippen LogP contribution in [0.3, 0.4) is 0 Å². The molecule has 0 bridgehead atoms. The molecule has 2 fully saturated rings. The Kier molecular flexibility index (Phi) is 5.76. The Labute approximate surface area is 180 Å². The van der Waals surface area contributed by atoms with E-state index < -0.39 is 11.5 Å². The molecule has 7 heteroatoms. The summed E-state index contributed by atoms with van der Waals surface area (Å²) >= 11 is 0. The zero-order valence-electron chi connectivity index (χ0n) is 17.1. The molecule has 2 aromatic rings. The van der Waals surface area contributed by atoms with E-state index in [1.54, 1.807) is 41.3 Å². The molecule has 4 rings (SSSR count). The maximum Gasteiger partial charge on any atom is 0.335 e. The number of rotatable bonds is 4. The lowest BCUT2D eigenvalue weighted by Crippen LogP contribution is -2.53. The summed E-state index contributed by atoms with van der Waals surface area (Å²) in [6.45, 7) is 0.557. The molecule has 2 aliphatic rings. The fourth-order valence-electron chi connectivity index (χ4n) is 4.92. The van der Waals surface area contributed by atoms with Crippen molar-refractivity contribution in [3.8, 4) is 0 Å². The maximum absolute atomic E-state index is 14.7. The summed E-state index contributed by atoms with van der Waals surface area (Å²) < 4.78 is 14.7. The fourth-order valence-corrected chi connectivity index (χ4v) is 4.92. The van der Waals surface area contributed by atoms with Gasteiger partial charge >= 0.3 is 5.97 Å². The van der Waals surface area contributed by atoms with Crippen molar-refractivity contribution >= 4 is 17.8 Å². The highest BCUT2D eigenvalue weighted by Gasteiger charge is 2.50. The number of halogens is 1. The van der Waals surface area contributed by atoms with E-state index >= 15 is 0 Å². The van der Waals surface area contributed by atoms with Crippen molar-refractivity contribution < 1.29 is 23.9 Å². The molecule has 2 heterocycles.